The summed E-state index contributed by atoms with van der Waals surface area (Å²) in [6.07, 6.45) is 3.71. The van der Waals surface area contributed by atoms with Crippen molar-refractivity contribution in [2.45, 2.75) is 32.5 Å². The maximum absolute atomic E-state index is 12.7. The normalized spacial score (nSPS) is 12.1. The maximum Gasteiger partial charge on any atom is 0.275 e. The fraction of sp³-hybridized carbons (Fsp3) is 0.273. The lowest BCUT2D eigenvalue weighted by Crippen LogP contribution is -3.10. The van der Waals surface area contributed by atoms with Crippen LogP contribution in [0, 0.1) is 0 Å². The quantitative estimate of drug-likeness (QED) is 0.561. The summed E-state index contributed by atoms with van der Waals surface area (Å²) in [5, 5.41) is 2.88. The van der Waals surface area contributed by atoms with E-state index >= 15 is 0 Å². The van der Waals surface area contributed by atoms with Crippen LogP contribution in [0.15, 0.2) is 76.0 Å². The van der Waals surface area contributed by atoms with Gasteiger partial charge in [0.15, 0.2) is 23.8 Å². The number of hydrogen-bond donors (Lipinski definition) is 2. The predicted molar refractivity (Wildman–Crippen MR) is 103 cm³/mol. The Labute approximate surface area is 164 Å². The maximum atomic E-state index is 12.7. The molecule has 0 aliphatic carbocycles. The number of amides is 1. The van der Waals surface area contributed by atoms with Crippen LogP contribution in [0.1, 0.15) is 24.0 Å². The molecular weight excluding hydrogens is 356 g/mol. The van der Waals surface area contributed by atoms with Gasteiger partial charge in [0.25, 0.3) is 5.91 Å². The third-order valence-corrected chi connectivity index (χ3v) is 4.53. The summed E-state index contributed by atoms with van der Waals surface area (Å²) in [5.74, 6) is 1.35. The van der Waals surface area contributed by atoms with Crippen molar-refractivity contribution in [3.63, 3.8) is 0 Å². The van der Waals surface area contributed by atoms with E-state index in [9.17, 15) is 9.59 Å². The van der Waals surface area contributed by atoms with Gasteiger partial charge in [0.05, 0.1) is 18.6 Å². The molecule has 28 heavy (non-hydrogen) atoms. The summed E-state index contributed by atoms with van der Waals surface area (Å²) in [6, 6.07) is 16.6. The second-order valence-corrected chi connectivity index (χ2v) is 6.86. The van der Waals surface area contributed by atoms with Gasteiger partial charge >= 0.3 is 0 Å². The third-order valence-electron chi connectivity index (χ3n) is 4.53. The van der Waals surface area contributed by atoms with Crippen LogP contribution in [0.2, 0.25) is 0 Å². The summed E-state index contributed by atoms with van der Waals surface area (Å²) >= 11 is 0. The van der Waals surface area contributed by atoms with E-state index in [0.29, 0.717) is 19.5 Å². The van der Waals surface area contributed by atoms with Crippen molar-refractivity contribution < 1.29 is 23.3 Å². The molecular formula is C22H25N2O4+. The molecule has 0 spiro atoms. The number of carbonyl (C=O) groups is 2. The number of hydrogen-bond acceptors (Lipinski definition) is 4. The molecule has 2 heterocycles. The molecule has 2 N–H and O–H groups in total. The van der Waals surface area contributed by atoms with E-state index in [-0.39, 0.29) is 18.2 Å². The smallest absolute Gasteiger partial charge is 0.275 e. The van der Waals surface area contributed by atoms with Crippen molar-refractivity contribution in [2.75, 3.05) is 6.54 Å². The van der Waals surface area contributed by atoms with Crippen LogP contribution in [0.3, 0.4) is 0 Å². The molecule has 0 fully saturated rings. The second kappa shape index (κ2) is 9.71. The first kappa shape index (κ1) is 19.6. The average molecular weight is 381 g/mol. The largest absolute Gasteiger partial charge is 0.463 e. The van der Waals surface area contributed by atoms with E-state index in [4.69, 9.17) is 8.83 Å². The van der Waals surface area contributed by atoms with E-state index < -0.39 is 6.04 Å². The number of rotatable bonds is 10. The average Bonchev–Trinajstić information content (AvgIpc) is 3.36. The Morgan fingerprint density at radius 3 is 2.04 bits per heavy atom. The molecule has 0 unspecified atom stereocenters. The number of benzene rings is 1. The van der Waals surface area contributed by atoms with Crippen molar-refractivity contribution in [3.8, 4) is 0 Å². The van der Waals surface area contributed by atoms with Crippen LogP contribution in [0.4, 0.5) is 0 Å². The summed E-state index contributed by atoms with van der Waals surface area (Å²) < 4.78 is 10.9. The first-order valence-electron chi connectivity index (χ1n) is 9.32. The van der Waals surface area contributed by atoms with Crippen molar-refractivity contribution in [2.24, 2.45) is 0 Å². The molecule has 0 aliphatic heterocycles. The molecule has 0 radical (unpaired) electrons. The lowest BCUT2D eigenvalue weighted by molar-refractivity contribution is -0.921. The van der Waals surface area contributed by atoms with Gasteiger partial charge in [0, 0.05) is 0 Å². The van der Waals surface area contributed by atoms with Gasteiger partial charge in [0.1, 0.15) is 13.1 Å². The highest BCUT2D eigenvalue weighted by Crippen LogP contribution is 2.04. The first-order valence-corrected chi connectivity index (χ1v) is 9.32. The molecule has 1 atom stereocenters. The second-order valence-electron chi connectivity index (χ2n) is 6.86. The van der Waals surface area contributed by atoms with Crippen LogP contribution in [0.5, 0.6) is 0 Å². The van der Waals surface area contributed by atoms with Crippen molar-refractivity contribution in [1.29, 1.82) is 0 Å². The molecule has 146 valence electrons. The minimum atomic E-state index is -0.539. The van der Waals surface area contributed by atoms with Crippen LogP contribution in [-0.4, -0.2) is 24.3 Å². The number of Topliss-reactive ketones (excluding diaryl/α,β-unsaturated/α-hetero) is 1. The van der Waals surface area contributed by atoms with Gasteiger partial charge in [-0.1, -0.05) is 30.3 Å². The van der Waals surface area contributed by atoms with Gasteiger partial charge in [-0.3, -0.25) is 9.59 Å². The highest BCUT2D eigenvalue weighted by molar-refractivity contribution is 5.88. The molecule has 3 rings (SSSR count). The number of carbonyl (C=O) groups excluding carboxylic acids is 2. The van der Waals surface area contributed by atoms with E-state index in [2.05, 4.69) is 5.32 Å². The molecule has 0 saturated carbocycles. The van der Waals surface area contributed by atoms with E-state index in [0.717, 1.165) is 22.0 Å². The minimum Gasteiger partial charge on any atom is -0.463 e. The Hall–Kier alpha value is -3.12. The monoisotopic (exact) mass is 381 g/mol. The molecule has 2 aromatic heterocycles. The zero-order valence-corrected chi connectivity index (χ0v) is 15.9. The van der Waals surface area contributed by atoms with Crippen LogP contribution < -0.4 is 10.2 Å². The van der Waals surface area contributed by atoms with E-state index in [1.165, 1.54) is 6.92 Å². The molecule has 1 amide bonds. The molecule has 6 nitrogen and oxygen atoms in total. The van der Waals surface area contributed by atoms with Gasteiger partial charge in [0.2, 0.25) is 0 Å². The van der Waals surface area contributed by atoms with Crippen LogP contribution in [0.25, 0.3) is 0 Å². The van der Waals surface area contributed by atoms with Crippen molar-refractivity contribution in [1.82, 2.24) is 5.32 Å². The number of ketones is 1. The third kappa shape index (κ3) is 5.96. The number of nitrogens with one attached hydrogen (secondary N) is 2. The van der Waals surface area contributed by atoms with Gasteiger partial charge in [-0.15, -0.1) is 0 Å². The fourth-order valence-corrected chi connectivity index (χ4v) is 3.13. The fourth-order valence-electron chi connectivity index (χ4n) is 3.13. The molecule has 1 aromatic carbocycles. The molecule has 3 aromatic rings. The Morgan fingerprint density at radius 1 is 0.929 bits per heavy atom. The lowest BCUT2D eigenvalue weighted by Gasteiger charge is -2.20. The summed E-state index contributed by atoms with van der Waals surface area (Å²) in [7, 11) is 0. The van der Waals surface area contributed by atoms with Gasteiger partial charge in [-0.25, -0.2) is 0 Å². The standard InChI is InChI=1S/C22H24N2O4/c1-17(25)21(13-18-7-3-2-4-8-18)23-22(26)16-24(14-19-9-5-11-27-19)15-20-10-6-12-28-20/h2-12,21H,13-16H2,1H3,(H,23,26)/p+1/t21-/m1/s1. The Morgan fingerprint density at radius 2 is 1.54 bits per heavy atom. The number of furan rings is 2. The van der Waals surface area contributed by atoms with E-state index in [1.807, 2.05) is 54.6 Å². The van der Waals surface area contributed by atoms with Gasteiger partial charge in [-0.2, -0.15) is 0 Å². The summed E-state index contributed by atoms with van der Waals surface area (Å²) in [5.41, 5.74) is 1.01. The zero-order chi connectivity index (χ0) is 19.8. The molecule has 0 bridgehead atoms. The van der Waals surface area contributed by atoms with E-state index in [1.54, 1.807) is 12.5 Å². The van der Waals surface area contributed by atoms with Gasteiger partial charge in [-0.05, 0) is 43.2 Å². The SMILES string of the molecule is CC(=O)[C@@H](Cc1ccccc1)NC(=O)C[NH+](Cc1ccco1)Cc1ccco1. The Kier molecular flexibility index (Phi) is 6.81. The number of quaternary nitrogens is 1. The van der Waals surface area contributed by atoms with Crippen LogP contribution >= 0.6 is 0 Å². The van der Waals surface area contributed by atoms with Crippen LogP contribution in [-0.2, 0) is 29.1 Å². The van der Waals surface area contributed by atoms with Crippen molar-refractivity contribution >= 4 is 11.7 Å². The minimum absolute atomic E-state index is 0.0594. The first-order chi connectivity index (χ1) is 13.6. The Balaban J connectivity index is 1.63. The summed E-state index contributed by atoms with van der Waals surface area (Å²) in [6.45, 7) is 2.80. The molecule has 0 saturated heterocycles. The highest BCUT2D eigenvalue weighted by Gasteiger charge is 2.22. The molecule has 0 aliphatic rings. The lowest BCUT2D eigenvalue weighted by atomic mass is 10.0. The predicted octanol–water partition coefficient (Wildman–Crippen LogP) is 1.77. The summed E-state index contributed by atoms with van der Waals surface area (Å²) in [4.78, 5) is 25.7. The van der Waals surface area contributed by atoms with Gasteiger partial charge < -0.3 is 19.1 Å². The molecule has 6 heteroatoms. The topological polar surface area (TPSA) is 76.9 Å². The Bertz CT molecular complexity index is 821. The van der Waals surface area contributed by atoms with Crippen molar-refractivity contribution in [3.05, 3.63) is 84.2 Å². The zero-order valence-electron chi connectivity index (χ0n) is 15.9. The highest BCUT2D eigenvalue weighted by atomic mass is 16.3.